The molecular formula is C21H23FN8. The zero-order valence-electron chi connectivity index (χ0n) is 16.7. The number of hydrogen-bond donors (Lipinski definition) is 2. The average Bonchev–Trinajstić information content (AvgIpc) is 3.41. The Bertz CT molecular complexity index is 1190. The minimum atomic E-state index is -0.331. The summed E-state index contributed by atoms with van der Waals surface area (Å²) in [5.41, 5.74) is 9.28. The summed E-state index contributed by atoms with van der Waals surface area (Å²) >= 11 is 0. The van der Waals surface area contributed by atoms with Gasteiger partial charge in [-0.1, -0.05) is 6.92 Å². The third-order valence-electron chi connectivity index (χ3n) is 5.74. The fourth-order valence-electron chi connectivity index (χ4n) is 3.98. The third kappa shape index (κ3) is 3.41. The number of halogens is 1. The van der Waals surface area contributed by atoms with Crippen LogP contribution in [0.2, 0.25) is 0 Å². The van der Waals surface area contributed by atoms with Crippen molar-refractivity contribution in [3.05, 3.63) is 42.6 Å². The molecule has 1 aromatic carbocycles. The molecular weight excluding hydrogens is 383 g/mol. The van der Waals surface area contributed by atoms with Crippen LogP contribution in [0.3, 0.4) is 0 Å². The molecule has 30 heavy (non-hydrogen) atoms. The minimum Gasteiger partial charge on any atom is -0.382 e. The van der Waals surface area contributed by atoms with Gasteiger partial charge in [-0.2, -0.15) is 5.10 Å². The Balaban J connectivity index is 1.44. The van der Waals surface area contributed by atoms with E-state index >= 15 is 0 Å². The predicted molar refractivity (Wildman–Crippen MR) is 113 cm³/mol. The summed E-state index contributed by atoms with van der Waals surface area (Å²) in [5, 5.41) is 4.57. The van der Waals surface area contributed by atoms with Gasteiger partial charge >= 0.3 is 0 Å². The van der Waals surface area contributed by atoms with Crippen LogP contribution in [0.1, 0.15) is 25.8 Å². The second-order valence-corrected chi connectivity index (χ2v) is 7.61. The molecule has 0 amide bonds. The fraction of sp³-hybridized carbons (Fsp3) is 0.333. The monoisotopic (exact) mass is 406 g/mol. The standard InChI is InChI=1S/C21H23FN8/c1-2-29-7-5-15(6-8-29)30-12-13(10-25-30)18-11-24-20(23)19(26-18)21-27-16-4-3-14(22)9-17(16)28-21/h3-4,9-12,15H,2,5-8H2,1H3,(H2,23,24)(H,27,28). The SMILES string of the molecule is CCN1CCC(n2cc(-c3cnc(N)c(-c4nc5ccc(F)cc5[nH]4)n3)cn2)CC1. The topological polar surface area (TPSA) is 102 Å². The first-order valence-electron chi connectivity index (χ1n) is 10.2. The van der Waals surface area contributed by atoms with Crippen LogP contribution in [-0.2, 0) is 0 Å². The van der Waals surface area contributed by atoms with Gasteiger partial charge in [0.1, 0.15) is 11.5 Å². The summed E-state index contributed by atoms with van der Waals surface area (Å²) in [6.07, 6.45) is 7.64. The van der Waals surface area contributed by atoms with Crippen molar-refractivity contribution in [2.75, 3.05) is 25.4 Å². The van der Waals surface area contributed by atoms with Crippen molar-refractivity contribution < 1.29 is 4.39 Å². The van der Waals surface area contributed by atoms with E-state index in [1.165, 1.54) is 12.1 Å². The number of fused-ring (bicyclic) bond motifs is 1. The Morgan fingerprint density at radius 1 is 1.20 bits per heavy atom. The molecule has 4 heterocycles. The number of hydrogen-bond acceptors (Lipinski definition) is 6. The maximum atomic E-state index is 13.5. The first-order chi connectivity index (χ1) is 14.6. The van der Waals surface area contributed by atoms with E-state index in [-0.39, 0.29) is 11.6 Å². The number of piperidine rings is 1. The molecule has 0 spiro atoms. The molecule has 0 aliphatic carbocycles. The lowest BCUT2D eigenvalue weighted by atomic mass is 10.1. The summed E-state index contributed by atoms with van der Waals surface area (Å²) in [5.74, 6) is 0.391. The highest BCUT2D eigenvalue weighted by Gasteiger charge is 2.21. The molecule has 3 aromatic heterocycles. The molecule has 0 atom stereocenters. The lowest BCUT2D eigenvalue weighted by Gasteiger charge is -2.31. The summed E-state index contributed by atoms with van der Waals surface area (Å²) in [6.45, 7) is 5.47. The van der Waals surface area contributed by atoms with Gasteiger partial charge in [-0.05, 0) is 37.6 Å². The number of anilines is 1. The highest BCUT2D eigenvalue weighted by atomic mass is 19.1. The molecule has 1 fully saturated rings. The molecule has 1 aliphatic rings. The summed E-state index contributed by atoms with van der Waals surface area (Å²) in [4.78, 5) is 19.0. The molecule has 3 N–H and O–H groups in total. The number of nitrogens with zero attached hydrogens (tertiary/aromatic N) is 6. The Morgan fingerprint density at radius 2 is 2.03 bits per heavy atom. The third-order valence-corrected chi connectivity index (χ3v) is 5.74. The van der Waals surface area contributed by atoms with E-state index in [4.69, 9.17) is 5.73 Å². The minimum absolute atomic E-state index is 0.262. The quantitative estimate of drug-likeness (QED) is 0.539. The molecule has 0 radical (unpaired) electrons. The van der Waals surface area contributed by atoms with Gasteiger partial charge in [0, 0.05) is 24.8 Å². The molecule has 5 rings (SSSR count). The van der Waals surface area contributed by atoms with Crippen LogP contribution in [0.25, 0.3) is 33.8 Å². The van der Waals surface area contributed by atoms with Crippen LogP contribution in [0.15, 0.2) is 36.8 Å². The summed E-state index contributed by atoms with van der Waals surface area (Å²) in [6, 6.07) is 4.78. The van der Waals surface area contributed by atoms with Crippen molar-refractivity contribution in [1.29, 1.82) is 0 Å². The van der Waals surface area contributed by atoms with E-state index in [9.17, 15) is 4.39 Å². The van der Waals surface area contributed by atoms with Gasteiger partial charge in [-0.3, -0.25) is 4.68 Å². The van der Waals surface area contributed by atoms with Gasteiger partial charge in [0.05, 0.1) is 35.2 Å². The zero-order valence-corrected chi connectivity index (χ0v) is 16.7. The molecule has 0 bridgehead atoms. The van der Waals surface area contributed by atoms with Gasteiger partial charge < -0.3 is 15.6 Å². The van der Waals surface area contributed by atoms with E-state index in [0.29, 0.717) is 34.3 Å². The molecule has 8 nitrogen and oxygen atoms in total. The van der Waals surface area contributed by atoms with Crippen LogP contribution >= 0.6 is 0 Å². The van der Waals surface area contributed by atoms with E-state index in [0.717, 1.165) is 38.0 Å². The highest BCUT2D eigenvalue weighted by Crippen LogP contribution is 2.28. The van der Waals surface area contributed by atoms with Crippen LogP contribution < -0.4 is 5.73 Å². The second kappa shape index (κ2) is 7.49. The van der Waals surface area contributed by atoms with E-state index in [1.807, 2.05) is 17.1 Å². The molecule has 1 saturated heterocycles. The lowest BCUT2D eigenvalue weighted by molar-refractivity contribution is 0.187. The van der Waals surface area contributed by atoms with E-state index in [2.05, 4.69) is 36.9 Å². The summed E-state index contributed by atoms with van der Waals surface area (Å²) < 4.78 is 15.5. The number of likely N-dealkylation sites (tertiary alicyclic amines) is 1. The Labute approximate surface area is 173 Å². The predicted octanol–water partition coefficient (Wildman–Crippen LogP) is 3.26. The first-order valence-corrected chi connectivity index (χ1v) is 10.2. The van der Waals surface area contributed by atoms with E-state index < -0.39 is 0 Å². The average molecular weight is 406 g/mol. The van der Waals surface area contributed by atoms with Crippen molar-refractivity contribution in [2.45, 2.75) is 25.8 Å². The highest BCUT2D eigenvalue weighted by molar-refractivity contribution is 5.81. The van der Waals surface area contributed by atoms with Gasteiger partial charge in [0.15, 0.2) is 11.6 Å². The molecule has 0 unspecified atom stereocenters. The maximum Gasteiger partial charge on any atom is 0.161 e. The van der Waals surface area contributed by atoms with Crippen LogP contribution in [0.5, 0.6) is 0 Å². The molecule has 154 valence electrons. The Hall–Kier alpha value is -3.33. The van der Waals surface area contributed by atoms with Gasteiger partial charge in [-0.15, -0.1) is 0 Å². The number of imidazole rings is 1. The number of nitrogens with two attached hydrogens (primary N) is 1. The lowest BCUT2D eigenvalue weighted by Crippen LogP contribution is -2.34. The Kier molecular flexibility index (Phi) is 4.66. The van der Waals surface area contributed by atoms with Crippen molar-refractivity contribution in [1.82, 2.24) is 34.6 Å². The smallest absolute Gasteiger partial charge is 0.161 e. The van der Waals surface area contributed by atoms with Crippen LogP contribution in [-0.4, -0.2) is 54.3 Å². The fourth-order valence-corrected chi connectivity index (χ4v) is 3.98. The Morgan fingerprint density at radius 3 is 2.83 bits per heavy atom. The molecule has 9 heteroatoms. The molecule has 0 saturated carbocycles. The summed E-state index contributed by atoms with van der Waals surface area (Å²) in [7, 11) is 0. The number of H-pyrrole nitrogens is 1. The zero-order chi connectivity index (χ0) is 20.7. The number of benzene rings is 1. The van der Waals surface area contributed by atoms with Gasteiger partial charge in [0.2, 0.25) is 0 Å². The van der Waals surface area contributed by atoms with Gasteiger partial charge in [-0.25, -0.2) is 19.3 Å². The second-order valence-electron chi connectivity index (χ2n) is 7.61. The van der Waals surface area contributed by atoms with Crippen molar-refractivity contribution in [3.8, 4) is 22.8 Å². The number of aromatic nitrogens is 6. The number of nitrogen functional groups attached to an aromatic ring is 1. The normalized spacial score (nSPS) is 15.8. The molecule has 4 aromatic rings. The van der Waals surface area contributed by atoms with Crippen LogP contribution in [0.4, 0.5) is 10.2 Å². The molecule has 1 aliphatic heterocycles. The first kappa shape index (κ1) is 18.7. The number of aromatic amines is 1. The largest absolute Gasteiger partial charge is 0.382 e. The number of nitrogens with one attached hydrogen (secondary N) is 1. The van der Waals surface area contributed by atoms with Crippen LogP contribution in [0, 0.1) is 5.82 Å². The van der Waals surface area contributed by atoms with Gasteiger partial charge in [0.25, 0.3) is 0 Å². The van der Waals surface area contributed by atoms with Crippen molar-refractivity contribution in [2.24, 2.45) is 0 Å². The van der Waals surface area contributed by atoms with Crippen molar-refractivity contribution in [3.63, 3.8) is 0 Å². The van der Waals surface area contributed by atoms with E-state index in [1.54, 1.807) is 12.3 Å². The number of rotatable bonds is 4. The maximum absolute atomic E-state index is 13.5. The van der Waals surface area contributed by atoms with Crippen molar-refractivity contribution >= 4 is 16.9 Å².